The lowest BCUT2D eigenvalue weighted by atomic mass is 9.87. The molecule has 3 heterocycles. The first kappa shape index (κ1) is 45.9. The van der Waals surface area contributed by atoms with E-state index >= 15 is 0 Å². The van der Waals surface area contributed by atoms with Crippen LogP contribution in [0, 0.1) is 11.3 Å². The van der Waals surface area contributed by atoms with Crippen LogP contribution in [0.1, 0.15) is 46.8 Å². The third-order valence-electron chi connectivity index (χ3n) is 7.76. The van der Waals surface area contributed by atoms with Crippen molar-refractivity contribution in [3.63, 3.8) is 0 Å². The highest BCUT2D eigenvalue weighted by molar-refractivity contribution is 8.13. The highest BCUT2D eigenvalue weighted by Crippen LogP contribution is 2.61. The quantitative estimate of drug-likeness (QED) is 0.0575. The second-order valence-electron chi connectivity index (χ2n) is 12.5. The van der Waals surface area contributed by atoms with Crippen LogP contribution >= 0.6 is 35.2 Å². The minimum absolute atomic E-state index is 0.0173. The summed E-state index contributed by atoms with van der Waals surface area (Å²) in [5.74, 6) is -1.16. The van der Waals surface area contributed by atoms with Gasteiger partial charge in [-0.15, -0.1) is 0 Å². The lowest BCUT2D eigenvalue weighted by Gasteiger charge is -2.30. The van der Waals surface area contributed by atoms with Gasteiger partial charge in [-0.05, 0) is 6.42 Å². The Morgan fingerprint density at radius 2 is 1.74 bits per heavy atom. The monoisotopic (exact) mass is 851 g/mol. The zero-order valence-corrected chi connectivity index (χ0v) is 32.9. The maximum Gasteiger partial charge on any atom is 0.481 e. The first-order valence-electron chi connectivity index (χ1n) is 16.0. The number of rotatable bonds is 21. The minimum Gasteiger partial charge on any atom is -0.386 e. The summed E-state index contributed by atoms with van der Waals surface area (Å²) in [5.41, 5.74) is 4.27. The number of anilines is 1. The number of nitrogens with two attached hydrogens (primary N) is 1. The zero-order chi connectivity index (χ0) is 40.6. The molecule has 0 aromatic carbocycles. The number of fused-ring (bicyclic) bond motifs is 1. The molecule has 1 aliphatic rings. The molecule has 306 valence electrons. The van der Waals surface area contributed by atoms with Gasteiger partial charge in [-0.25, -0.2) is 28.6 Å². The van der Waals surface area contributed by atoms with E-state index in [0.717, 1.165) is 29.0 Å². The molecule has 2 aromatic heterocycles. The van der Waals surface area contributed by atoms with Crippen molar-refractivity contribution in [3.05, 3.63) is 12.7 Å². The molecule has 0 aliphatic carbocycles. The molecular formula is C26H44N7O17P3S. The first-order chi connectivity index (χ1) is 25.0. The van der Waals surface area contributed by atoms with Crippen molar-refractivity contribution in [2.45, 2.75) is 71.2 Å². The Labute approximate surface area is 312 Å². The number of hydrogen-bond donors (Lipinski definition) is 9. The first-order valence-corrected chi connectivity index (χ1v) is 21.5. The number of aliphatic hydroxyl groups is 2. The van der Waals surface area contributed by atoms with E-state index in [-0.39, 0.29) is 47.5 Å². The number of carbonyl (C=O) groups is 3. The molecule has 0 bridgehead atoms. The van der Waals surface area contributed by atoms with Gasteiger partial charge < -0.3 is 50.9 Å². The van der Waals surface area contributed by atoms with Crippen molar-refractivity contribution in [1.29, 1.82) is 0 Å². The molecule has 3 unspecified atom stereocenters. The van der Waals surface area contributed by atoms with Crippen LogP contribution in [-0.4, -0.2) is 123 Å². The second kappa shape index (κ2) is 19.1. The number of amides is 2. The summed E-state index contributed by atoms with van der Waals surface area (Å²) in [5, 5.41) is 26.3. The molecule has 3 rings (SSSR count). The molecule has 1 aliphatic heterocycles. The Morgan fingerprint density at radius 3 is 2.39 bits per heavy atom. The summed E-state index contributed by atoms with van der Waals surface area (Å²) in [6, 6.07) is 0. The average Bonchev–Trinajstić information content (AvgIpc) is 3.64. The fraction of sp³-hybridized carbons (Fsp3) is 0.692. The lowest BCUT2D eigenvalue weighted by Crippen LogP contribution is -2.46. The third kappa shape index (κ3) is 13.4. The van der Waals surface area contributed by atoms with E-state index in [9.17, 15) is 57.9 Å². The molecule has 1 saturated heterocycles. The number of ether oxygens (including phenoxy) is 1. The van der Waals surface area contributed by atoms with Crippen LogP contribution in [0.25, 0.3) is 11.2 Å². The number of carbonyl (C=O) groups excluding carboxylic acids is 3. The Kier molecular flexibility index (Phi) is 16.3. The Hall–Kier alpha value is -2.44. The van der Waals surface area contributed by atoms with Gasteiger partial charge in [-0.2, -0.15) is 4.31 Å². The number of aliphatic hydroxyl groups excluding tert-OH is 2. The number of thioether (sulfide) groups is 1. The van der Waals surface area contributed by atoms with Crippen LogP contribution in [0.3, 0.4) is 0 Å². The number of nitrogen functional groups attached to an aromatic ring is 1. The van der Waals surface area contributed by atoms with E-state index in [0.29, 0.717) is 12.2 Å². The van der Waals surface area contributed by atoms with Gasteiger partial charge in [0.1, 0.15) is 36.3 Å². The van der Waals surface area contributed by atoms with E-state index in [4.69, 9.17) is 19.5 Å². The Bertz CT molecular complexity index is 1780. The van der Waals surface area contributed by atoms with Gasteiger partial charge in [-0.3, -0.25) is 32.5 Å². The van der Waals surface area contributed by atoms with Crippen molar-refractivity contribution in [2.75, 3.05) is 37.8 Å². The zero-order valence-electron chi connectivity index (χ0n) is 29.4. The van der Waals surface area contributed by atoms with Crippen molar-refractivity contribution in [1.82, 2.24) is 30.2 Å². The van der Waals surface area contributed by atoms with Crippen molar-refractivity contribution in [3.8, 4) is 0 Å². The molecular weight excluding hydrogens is 807 g/mol. The predicted octanol–water partition coefficient (Wildman–Crippen LogP) is -0.289. The fourth-order valence-electron chi connectivity index (χ4n) is 4.59. The summed E-state index contributed by atoms with van der Waals surface area (Å²) in [6.45, 7) is 4.23. The number of phosphoric acid groups is 3. The molecule has 24 nitrogen and oxygen atoms in total. The maximum absolute atomic E-state index is 12.7. The van der Waals surface area contributed by atoms with Crippen LogP contribution in [0.4, 0.5) is 5.82 Å². The van der Waals surface area contributed by atoms with E-state index in [2.05, 4.69) is 34.4 Å². The van der Waals surface area contributed by atoms with Crippen molar-refractivity contribution in [2.24, 2.45) is 11.3 Å². The second-order valence-corrected chi connectivity index (χ2v) is 17.9. The molecule has 2 aromatic rings. The predicted molar refractivity (Wildman–Crippen MR) is 187 cm³/mol. The lowest BCUT2D eigenvalue weighted by molar-refractivity contribution is -0.137. The third-order valence-corrected chi connectivity index (χ3v) is 12.0. The van der Waals surface area contributed by atoms with Crippen LogP contribution in [0.15, 0.2) is 12.7 Å². The molecule has 0 spiro atoms. The number of imidazole rings is 1. The Morgan fingerprint density at radius 1 is 1.07 bits per heavy atom. The van der Waals surface area contributed by atoms with Gasteiger partial charge in [0.05, 0.1) is 19.5 Å². The molecule has 0 saturated carbocycles. The van der Waals surface area contributed by atoms with E-state index in [1.165, 1.54) is 13.8 Å². The SMILES string of the molecule is CCC(C)C(=O)SCCNC(=O)CCNC(=O)[C@H](O)C(C)(C)COP(=O)(O)OP(=O)(O)OC[C@H]1O[C@@H](n2cnc3c(N)ncnc32)[C@H](O)[C@@H]1OP(=O)(O)O. The van der Waals surface area contributed by atoms with Gasteiger partial charge in [0.2, 0.25) is 11.8 Å². The highest BCUT2D eigenvalue weighted by atomic mass is 32.2. The largest absolute Gasteiger partial charge is 0.481 e. The number of nitrogens with one attached hydrogen (secondary N) is 2. The van der Waals surface area contributed by atoms with Crippen LogP contribution < -0.4 is 16.4 Å². The maximum atomic E-state index is 12.7. The molecule has 8 atom stereocenters. The van der Waals surface area contributed by atoms with E-state index in [1.54, 1.807) is 0 Å². The number of aromatic nitrogens is 4. The van der Waals surface area contributed by atoms with Gasteiger partial charge >= 0.3 is 23.5 Å². The summed E-state index contributed by atoms with van der Waals surface area (Å²) in [7, 11) is -16.4. The summed E-state index contributed by atoms with van der Waals surface area (Å²) in [6.07, 6.45) is -6.18. The van der Waals surface area contributed by atoms with E-state index in [1.807, 2.05) is 13.8 Å². The van der Waals surface area contributed by atoms with Crippen LogP contribution in [0.2, 0.25) is 0 Å². The van der Waals surface area contributed by atoms with Gasteiger partial charge in [0.25, 0.3) is 0 Å². The smallest absolute Gasteiger partial charge is 0.386 e. The topological polar surface area (TPSA) is 364 Å². The number of phosphoric ester groups is 3. The standard InChI is InChI=1S/C26H44N7O17P3S/c1-5-14(2)25(38)54-9-8-28-16(34)6-7-29-23(37)20(36)26(3,4)11-47-53(44,45)50-52(42,43)46-10-15-19(49-51(39,40)41)18(35)24(48-15)33-13-32-17-21(27)30-12-31-22(17)33/h12-15,18-20,24,35-36H,5-11H2,1-4H3,(H,28,34)(H,29,37)(H,42,43)(H,44,45)(H2,27,30,31)(H2,39,40,41)/t14?,15-,18-,19-,20+,24-/m1/s1. The molecule has 28 heteroatoms. The summed E-state index contributed by atoms with van der Waals surface area (Å²) in [4.78, 5) is 87.3. The highest BCUT2D eigenvalue weighted by Gasteiger charge is 2.50. The number of nitrogens with zero attached hydrogens (tertiary/aromatic N) is 4. The van der Waals surface area contributed by atoms with Gasteiger partial charge in [0, 0.05) is 36.6 Å². The van der Waals surface area contributed by atoms with E-state index < -0.39 is 84.6 Å². The van der Waals surface area contributed by atoms with Crippen molar-refractivity contribution < 1.29 is 80.5 Å². The molecule has 10 N–H and O–H groups in total. The normalized spacial score (nSPS) is 22.6. The molecule has 1 fully saturated rings. The fourth-order valence-corrected chi connectivity index (χ4v) is 8.28. The van der Waals surface area contributed by atoms with Crippen molar-refractivity contribution >= 4 is 69.1 Å². The van der Waals surface area contributed by atoms with Gasteiger partial charge in [-0.1, -0.05) is 39.5 Å². The minimum atomic E-state index is -5.56. The van der Waals surface area contributed by atoms with Crippen LogP contribution in [-0.2, 0) is 50.7 Å². The summed E-state index contributed by atoms with van der Waals surface area (Å²) < 4.78 is 62.0. The van der Waals surface area contributed by atoms with Gasteiger partial charge in [0.15, 0.2) is 22.8 Å². The Balaban J connectivity index is 1.51. The molecule has 0 radical (unpaired) electrons. The molecule has 54 heavy (non-hydrogen) atoms. The average molecular weight is 852 g/mol. The van der Waals surface area contributed by atoms with Crippen LogP contribution in [0.5, 0.6) is 0 Å². The number of hydrogen-bond acceptors (Lipinski definition) is 18. The summed E-state index contributed by atoms with van der Waals surface area (Å²) >= 11 is 1.10. The molecule has 2 amide bonds.